The van der Waals surface area contributed by atoms with Gasteiger partial charge in [-0.25, -0.2) is 4.98 Å². The van der Waals surface area contributed by atoms with Crippen LogP contribution in [0, 0.1) is 0 Å². The quantitative estimate of drug-likeness (QED) is 0.937. The summed E-state index contributed by atoms with van der Waals surface area (Å²) in [7, 11) is 0. The highest BCUT2D eigenvalue weighted by Gasteiger charge is 2.11. The fourth-order valence-electron chi connectivity index (χ4n) is 2.25. The molecule has 0 atom stereocenters. The molecule has 1 aliphatic rings. The van der Waals surface area contributed by atoms with Gasteiger partial charge < -0.3 is 9.72 Å². The summed E-state index contributed by atoms with van der Waals surface area (Å²) in [5.74, 6) is 5.10. The zero-order valence-electron chi connectivity index (χ0n) is 10.9. The maximum absolute atomic E-state index is 4.63. The van der Waals surface area contributed by atoms with Crippen LogP contribution in [0.15, 0.2) is 30.6 Å². The van der Waals surface area contributed by atoms with Crippen LogP contribution < -0.4 is 5.32 Å². The molecule has 5 heteroatoms. The number of pyridine rings is 1. The number of nitrogens with one attached hydrogen (secondary N) is 1. The molecule has 0 aromatic carbocycles. The molecular formula is C14H19N3S2. The fourth-order valence-corrected chi connectivity index (χ4v) is 4.71. The number of rotatable bonds is 4. The van der Waals surface area contributed by atoms with Crippen molar-refractivity contribution in [3.05, 3.63) is 36.3 Å². The van der Waals surface area contributed by atoms with E-state index >= 15 is 0 Å². The zero-order valence-corrected chi connectivity index (χ0v) is 12.6. The summed E-state index contributed by atoms with van der Waals surface area (Å²) in [5, 5.41) is 3.66. The maximum Gasteiger partial charge on any atom is 0.136 e. The van der Waals surface area contributed by atoms with Gasteiger partial charge in [0.1, 0.15) is 5.65 Å². The van der Waals surface area contributed by atoms with Crippen LogP contribution in [0.5, 0.6) is 0 Å². The monoisotopic (exact) mass is 293 g/mol. The Balaban J connectivity index is 1.51. The van der Waals surface area contributed by atoms with Crippen LogP contribution in [0.2, 0.25) is 0 Å². The zero-order chi connectivity index (χ0) is 12.9. The van der Waals surface area contributed by atoms with Crippen molar-refractivity contribution in [3.8, 4) is 0 Å². The van der Waals surface area contributed by atoms with E-state index in [2.05, 4.69) is 56.7 Å². The molecule has 0 radical (unpaired) electrons. The molecule has 0 unspecified atom stereocenters. The smallest absolute Gasteiger partial charge is 0.136 e. The predicted octanol–water partition coefficient (Wildman–Crippen LogP) is 2.32. The number of thioether (sulfide) groups is 2. The molecule has 1 aliphatic heterocycles. The molecule has 2 aromatic rings. The third-order valence-electron chi connectivity index (χ3n) is 3.24. The average Bonchev–Trinajstić information content (AvgIpc) is 2.66. The van der Waals surface area contributed by atoms with E-state index in [4.69, 9.17) is 0 Å². The molecule has 1 N–H and O–H groups in total. The van der Waals surface area contributed by atoms with Crippen LogP contribution in [-0.2, 0) is 6.42 Å². The van der Waals surface area contributed by atoms with Gasteiger partial charge in [0.15, 0.2) is 0 Å². The SMILES string of the molecule is c1ccn2cc(CCNC3CSCCSC3)nc2c1. The minimum atomic E-state index is 0.662. The molecule has 0 bridgehead atoms. The highest BCUT2D eigenvalue weighted by atomic mass is 32.2. The van der Waals surface area contributed by atoms with E-state index < -0.39 is 0 Å². The lowest BCUT2D eigenvalue weighted by molar-refractivity contribution is 0.602. The largest absolute Gasteiger partial charge is 0.312 e. The number of nitrogens with zero attached hydrogens (tertiary/aromatic N) is 2. The Hall–Kier alpha value is -0.650. The topological polar surface area (TPSA) is 29.3 Å². The first-order valence-corrected chi connectivity index (χ1v) is 9.04. The molecule has 0 amide bonds. The summed E-state index contributed by atoms with van der Waals surface area (Å²) in [4.78, 5) is 4.63. The second kappa shape index (κ2) is 6.68. The molecule has 2 aromatic heterocycles. The molecule has 19 heavy (non-hydrogen) atoms. The molecular weight excluding hydrogens is 274 g/mol. The van der Waals surface area contributed by atoms with Gasteiger partial charge in [-0.3, -0.25) is 0 Å². The molecule has 1 saturated heterocycles. The van der Waals surface area contributed by atoms with Gasteiger partial charge in [-0.2, -0.15) is 23.5 Å². The van der Waals surface area contributed by atoms with E-state index in [9.17, 15) is 0 Å². The van der Waals surface area contributed by atoms with Gasteiger partial charge in [0.05, 0.1) is 5.69 Å². The minimum absolute atomic E-state index is 0.662. The van der Waals surface area contributed by atoms with Gasteiger partial charge in [-0.1, -0.05) is 6.07 Å². The molecule has 0 saturated carbocycles. The Labute approximate surface area is 122 Å². The number of hydrogen-bond donors (Lipinski definition) is 1. The first-order valence-electron chi connectivity index (χ1n) is 6.73. The summed E-state index contributed by atoms with van der Waals surface area (Å²) in [6.07, 6.45) is 5.19. The third kappa shape index (κ3) is 3.68. The Kier molecular flexibility index (Phi) is 4.69. The van der Waals surface area contributed by atoms with E-state index in [1.54, 1.807) is 0 Å². The van der Waals surface area contributed by atoms with Crippen molar-refractivity contribution in [3.63, 3.8) is 0 Å². The van der Waals surface area contributed by atoms with E-state index in [1.165, 1.54) is 28.7 Å². The van der Waals surface area contributed by atoms with Crippen molar-refractivity contribution in [1.82, 2.24) is 14.7 Å². The van der Waals surface area contributed by atoms with Crippen molar-refractivity contribution < 1.29 is 0 Å². The van der Waals surface area contributed by atoms with Crippen molar-refractivity contribution in [2.45, 2.75) is 12.5 Å². The fraction of sp³-hybridized carbons (Fsp3) is 0.500. The molecule has 0 aliphatic carbocycles. The van der Waals surface area contributed by atoms with E-state index in [-0.39, 0.29) is 0 Å². The first-order chi connectivity index (χ1) is 9.42. The van der Waals surface area contributed by atoms with E-state index in [0.717, 1.165) is 18.6 Å². The van der Waals surface area contributed by atoms with Crippen LogP contribution in [0.3, 0.4) is 0 Å². The highest BCUT2D eigenvalue weighted by molar-refractivity contribution is 8.03. The van der Waals surface area contributed by atoms with Gasteiger partial charge in [-0.15, -0.1) is 0 Å². The predicted molar refractivity (Wildman–Crippen MR) is 85.3 cm³/mol. The summed E-state index contributed by atoms with van der Waals surface area (Å²) in [6, 6.07) is 6.78. The lowest BCUT2D eigenvalue weighted by Gasteiger charge is -2.14. The Morgan fingerprint density at radius 1 is 1.26 bits per heavy atom. The van der Waals surface area contributed by atoms with Gasteiger partial charge in [0.2, 0.25) is 0 Å². The van der Waals surface area contributed by atoms with Crippen molar-refractivity contribution in [2.75, 3.05) is 29.6 Å². The minimum Gasteiger partial charge on any atom is -0.312 e. The van der Waals surface area contributed by atoms with Gasteiger partial charge in [0, 0.05) is 54.4 Å². The Morgan fingerprint density at radius 3 is 2.89 bits per heavy atom. The van der Waals surface area contributed by atoms with Gasteiger partial charge >= 0.3 is 0 Å². The van der Waals surface area contributed by atoms with Crippen LogP contribution in [0.1, 0.15) is 5.69 Å². The third-order valence-corrected chi connectivity index (χ3v) is 5.76. The van der Waals surface area contributed by atoms with Crippen LogP contribution in [0.25, 0.3) is 5.65 Å². The molecule has 3 heterocycles. The number of hydrogen-bond acceptors (Lipinski definition) is 4. The summed E-state index contributed by atoms with van der Waals surface area (Å²) >= 11 is 4.14. The normalized spacial score (nSPS) is 17.7. The molecule has 0 spiro atoms. The number of imidazole rings is 1. The highest BCUT2D eigenvalue weighted by Crippen LogP contribution is 2.16. The van der Waals surface area contributed by atoms with Crippen LogP contribution >= 0.6 is 23.5 Å². The van der Waals surface area contributed by atoms with E-state index in [0.29, 0.717) is 6.04 Å². The number of fused-ring (bicyclic) bond motifs is 1. The molecule has 1 fully saturated rings. The Morgan fingerprint density at radius 2 is 2.11 bits per heavy atom. The maximum atomic E-state index is 4.63. The standard InChI is InChI=1S/C14H19N3S2/c1-2-6-17-9-12(16-14(17)3-1)4-5-15-13-10-18-7-8-19-11-13/h1-3,6,9,13,15H,4-5,7-8,10-11H2. The van der Waals surface area contributed by atoms with E-state index in [1.807, 2.05) is 12.1 Å². The van der Waals surface area contributed by atoms with Gasteiger partial charge in [-0.05, 0) is 12.1 Å². The molecule has 102 valence electrons. The summed E-state index contributed by atoms with van der Waals surface area (Å²) in [6.45, 7) is 1.02. The molecule has 3 rings (SSSR count). The van der Waals surface area contributed by atoms with Crippen molar-refractivity contribution in [2.24, 2.45) is 0 Å². The molecule has 3 nitrogen and oxygen atoms in total. The van der Waals surface area contributed by atoms with Crippen LogP contribution in [-0.4, -0.2) is 45.0 Å². The second-order valence-electron chi connectivity index (χ2n) is 4.75. The summed E-state index contributed by atoms with van der Waals surface area (Å²) < 4.78 is 2.09. The first kappa shape index (κ1) is 13.3. The van der Waals surface area contributed by atoms with Crippen molar-refractivity contribution >= 4 is 29.2 Å². The number of aromatic nitrogens is 2. The summed E-state index contributed by atoms with van der Waals surface area (Å²) in [5.41, 5.74) is 2.21. The van der Waals surface area contributed by atoms with Crippen LogP contribution in [0.4, 0.5) is 0 Å². The van der Waals surface area contributed by atoms with Crippen molar-refractivity contribution in [1.29, 1.82) is 0 Å². The lowest BCUT2D eigenvalue weighted by Crippen LogP contribution is -2.34. The Bertz CT molecular complexity index is 485. The average molecular weight is 293 g/mol. The van der Waals surface area contributed by atoms with Gasteiger partial charge in [0.25, 0.3) is 0 Å². The second-order valence-corrected chi connectivity index (χ2v) is 7.05. The lowest BCUT2D eigenvalue weighted by atomic mass is 10.3.